The van der Waals surface area contributed by atoms with Gasteiger partial charge in [0.05, 0.1) is 6.61 Å². The van der Waals surface area contributed by atoms with E-state index < -0.39 is 11.9 Å². The molecular formula is C11H16O4. The maximum Gasteiger partial charge on any atom is 0.316 e. The summed E-state index contributed by atoms with van der Waals surface area (Å²) in [6, 6.07) is 0. The Hall–Kier alpha value is -1.19. The van der Waals surface area contributed by atoms with E-state index in [4.69, 9.17) is 4.74 Å². The van der Waals surface area contributed by atoms with Crippen LogP contribution in [0.5, 0.6) is 0 Å². The molecule has 0 radical (unpaired) electrons. The molecule has 0 aromatic heterocycles. The average Bonchev–Trinajstić information content (AvgIpc) is 2.96. The maximum atomic E-state index is 11.5. The van der Waals surface area contributed by atoms with Crippen molar-refractivity contribution in [2.75, 3.05) is 6.61 Å². The van der Waals surface area contributed by atoms with Crippen LogP contribution < -0.4 is 0 Å². The summed E-state index contributed by atoms with van der Waals surface area (Å²) in [4.78, 5) is 34.0. The number of hydrogen-bond donors (Lipinski definition) is 0. The van der Waals surface area contributed by atoms with Crippen molar-refractivity contribution in [2.45, 2.75) is 33.1 Å². The third-order valence-corrected chi connectivity index (χ3v) is 2.50. The smallest absolute Gasteiger partial charge is 0.316 e. The minimum atomic E-state index is -0.891. The summed E-state index contributed by atoms with van der Waals surface area (Å²) in [6.07, 6.45) is 1.80. The molecule has 0 bridgehead atoms. The summed E-state index contributed by atoms with van der Waals surface area (Å²) in [7, 11) is 0. The van der Waals surface area contributed by atoms with Crippen molar-refractivity contribution < 1.29 is 19.1 Å². The van der Waals surface area contributed by atoms with Gasteiger partial charge in [0, 0.05) is 12.3 Å². The van der Waals surface area contributed by atoms with Crippen LogP contribution in [0.2, 0.25) is 0 Å². The van der Waals surface area contributed by atoms with E-state index in [2.05, 4.69) is 0 Å². The molecule has 1 rings (SSSR count). The summed E-state index contributed by atoms with van der Waals surface area (Å²) in [5.41, 5.74) is 0. The molecule has 15 heavy (non-hydrogen) atoms. The lowest BCUT2D eigenvalue weighted by molar-refractivity contribution is -0.152. The Bertz CT molecular complexity index is 278. The normalized spacial score (nSPS) is 16.9. The molecule has 0 saturated heterocycles. The zero-order chi connectivity index (χ0) is 11.4. The van der Waals surface area contributed by atoms with E-state index in [9.17, 15) is 14.4 Å². The first-order valence-corrected chi connectivity index (χ1v) is 5.26. The minimum absolute atomic E-state index is 0.0127. The lowest BCUT2D eigenvalue weighted by atomic mass is 9.97. The first-order chi connectivity index (χ1) is 7.06. The highest BCUT2D eigenvalue weighted by Gasteiger charge is 2.35. The van der Waals surface area contributed by atoms with Gasteiger partial charge in [0.25, 0.3) is 0 Å². The zero-order valence-electron chi connectivity index (χ0n) is 9.12. The van der Waals surface area contributed by atoms with Gasteiger partial charge in [-0.15, -0.1) is 0 Å². The number of Topliss-reactive ketones (excluding diaryl/α,β-unsaturated/α-hetero) is 2. The number of esters is 1. The number of carbonyl (C=O) groups is 3. The van der Waals surface area contributed by atoms with E-state index in [0.717, 1.165) is 12.8 Å². The minimum Gasteiger partial charge on any atom is -0.465 e. The third kappa shape index (κ3) is 3.46. The van der Waals surface area contributed by atoms with E-state index in [1.54, 1.807) is 6.92 Å². The van der Waals surface area contributed by atoms with E-state index in [-0.39, 0.29) is 30.5 Å². The third-order valence-electron chi connectivity index (χ3n) is 2.50. The molecule has 84 valence electrons. The monoisotopic (exact) mass is 212 g/mol. The van der Waals surface area contributed by atoms with Gasteiger partial charge >= 0.3 is 5.97 Å². The fourth-order valence-corrected chi connectivity index (χ4v) is 1.41. The molecule has 0 spiro atoms. The maximum absolute atomic E-state index is 11.5. The van der Waals surface area contributed by atoms with E-state index in [1.807, 2.05) is 0 Å². The van der Waals surface area contributed by atoms with Crippen LogP contribution in [0.25, 0.3) is 0 Å². The number of ketones is 2. The van der Waals surface area contributed by atoms with Crippen LogP contribution in [0.4, 0.5) is 0 Å². The molecular weight excluding hydrogens is 196 g/mol. The summed E-state index contributed by atoms with van der Waals surface area (Å²) in [5.74, 6) is -1.65. The number of rotatable bonds is 6. The van der Waals surface area contributed by atoms with Crippen LogP contribution in [0.15, 0.2) is 0 Å². The van der Waals surface area contributed by atoms with Crippen molar-refractivity contribution >= 4 is 17.5 Å². The van der Waals surface area contributed by atoms with Gasteiger partial charge in [0.1, 0.15) is 17.5 Å². The SMILES string of the molecule is CCOC(=O)[C@H](CC(=O)C1CC1)C(C)=O. The van der Waals surface area contributed by atoms with Gasteiger partial charge in [-0.25, -0.2) is 0 Å². The van der Waals surface area contributed by atoms with Crippen molar-refractivity contribution in [3.63, 3.8) is 0 Å². The Balaban J connectivity index is 2.52. The molecule has 1 atom stereocenters. The van der Waals surface area contributed by atoms with Crippen LogP contribution in [0, 0.1) is 11.8 Å². The molecule has 0 aromatic carbocycles. The molecule has 1 aliphatic carbocycles. The first-order valence-electron chi connectivity index (χ1n) is 5.26. The highest BCUT2D eigenvalue weighted by molar-refractivity contribution is 6.02. The van der Waals surface area contributed by atoms with Gasteiger partial charge in [-0.3, -0.25) is 14.4 Å². The molecule has 0 N–H and O–H groups in total. The molecule has 4 heteroatoms. The highest BCUT2D eigenvalue weighted by atomic mass is 16.5. The molecule has 0 aromatic rings. The predicted molar refractivity (Wildman–Crippen MR) is 53.2 cm³/mol. The quantitative estimate of drug-likeness (QED) is 0.489. The molecule has 4 nitrogen and oxygen atoms in total. The number of carbonyl (C=O) groups excluding carboxylic acids is 3. The Morgan fingerprint density at radius 2 is 1.93 bits per heavy atom. The van der Waals surface area contributed by atoms with Gasteiger partial charge in [-0.2, -0.15) is 0 Å². The molecule has 0 unspecified atom stereocenters. The molecule has 1 fully saturated rings. The van der Waals surface area contributed by atoms with Gasteiger partial charge in [0.2, 0.25) is 0 Å². The molecule has 0 heterocycles. The van der Waals surface area contributed by atoms with E-state index in [0.29, 0.717) is 0 Å². The van der Waals surface area contributed by atoms with Crippen molar-refractivity contribution in [3.05, 3.63) is 0 Å². The summed E-state index contributed by atoms with van der Waals surface area (Å²) in [5, 5.41) is 0. The molecule has 0 aliphatic heterocycles. The first kappa shape index (κ1) is 11.9. The standard InChI is InChI=1S/C11H16O4/c1-3-15-11(14)9(7(2)12)6-10(13)8-4-5-8/h8-9H,3-6H2,1-2H3/t9-/m1/s1. The largest absolute Gasteiger partial charge is 0.465 e. The van der Waals surface area contributed by atoms with Crippen molar-refractivity contribution in [2.24, 2.45) is 11.8 Å². The summed E-state index contributed by atoms with van der Waals surface area (Å²) < 4.78 is 4.75. The van der Waals surface area contributed by atoms with Crippen molar-refractivity contribution in [1.82, 2.24) is 0 Å². The Morgan fingerprint density at radius 3 is 2.33 bits per heavy atom. The van der Waals surface area contributed by atoms with Gasteiger partial charge < -0.3 is 4.74 Å². The second kappa shape index (κ2) is 5.05. The predicted octanol–water partition coefficient (Wildman–Crippen LogP) is 1.12. The summed E-state index contributed by atoms with van der Waals surface area (Å²) >= 11 is 0. The van der Waals surface area contributed by atoms with Gasteiger partial charge in [0.15, 0.2) is 0 Å². The van der Waals surface area contributed by atoms with Crippen LogP contribution in [0.3, 0.4) is 0 Å². The topological polar surface area (TPSA) is 60.4 Å². The fraction of sp³-hybridized carbons (Fsp3) is 0.727. The van der Waals surface area contributed by atoms with Crippen LogP contribution >= 0.6 is 0 Å². The van der Waals surface area contributed by atoms with Crippen molar-refractivity contribution in [1.29, 1.82) is 0 Å². The van der Waals surface area contributed by atoms with Gasteiger partial charge in [-0.1, -0.05) is 0 Å². The second-order valence-electron chi connectivity index (χ2n) is 3.86. The average molecular weight is 212 g/mol. The Morgan fingerprint density at radius 1 is 1.33 bits per heavy atom. The van der Waals surface area contributed by atoms with Crippen molar-refractivity contribution in [3.8, 4) is 0 Å². The lowest BCUT2D eigenvalue weighted by Crippen LogP contribution is -2.27. The Kier molecular flexibility index (Phi) is 4.00. The molecule has 1 saturated carbocycles. The van der Waals surface area contributed by atoms with Gasteiger partial charge in [-0.05, 0) is 26.7 Å². The Labute approximate surface area is 89.0 Å². The number of ether oxygens (including phenoxy) is 1. The van der Waals surface area contributed by atoms with Crippen LogP contribution in [-0.2, 0) is 19.1 Å². The molecule has 1 aliphatic rings. The zero-order valence-corrected chi connectivity index (χ0v) is 9.12. The number of hydrogen-bond acceptors (Lipinski definition) is 4. The fourth-order valence-electron chi connectivity index (χ4n) is 1.41. The van der Waals surface area contributed by atoms with Crippen LogP contribution in [0.1, 0.15) is 33.1 Å². The highest BCUT2D eigenvalue weighted by Crippen LogP contribution is 2.32. The summed E-state index contributed by atoms with van der Waals surface area (Å²) in [6.45, 7) is 3.24. The second-order valence-corrected chi connectivity index (χ2v) is 3.86. The van der Waals surface area contributed by atoms with Crippen LogP contribution in [-0.4, -0.2) is 24.1 Å². The van der Waals surface area contributed by atoms with E-state index >= 15 is 0 Å². The molecule has 0 amide bonds. The lowest BCUT2D eigenvalue weighted by Gasteiger charge is -2.11. The van der Waals surface area contributed by atoms with E-state index in [1.165, 1.54) is 6.92 Å².